The molecule has 2 fully saturated rings. The number of carboxylic acids is 1. The number of carboxylic acid groups (broad SMARTS) is 1. The average Bonchev–Trinajstić information content (AvgIpc) is 3.04. The van der Waals surface area contributed by atoms with Gasteiger partial charge in [-0.2, -0.15) is 0 Å². The molecule has 4 nitrogen and oxygen atoms in total. The molecule has 1 amide bonds. The van der Waals surface area contributed by atoms with E-state index in [0.29, 0.717) is 30.7 Å². The van der Waals surface area contributed by atoms with Crippen LogP contribution < -0.4 is 0 Å². The van der Waals surface area contributed by atoms with Gasteiger partial charge in [-0.3, -0.25) is 9.59 Å². The first kappa shape index (κ1) is 16.3. The lowest BCUT2D eigenvalue weighted by molar-refractivity contribution is -0.146. The fourth-order valence-electron chi connectivity index (χ4n) is 3.88. The molecule has 0 radical (unpaired) electrons. The molecule has 0 bridgehead atoms. The number of likely N-dealkylation sites (tertiary alicyclic amines) is 1. The Morgan fingerprint density at radius 3 is 2.22 bits per heavy atom. The predicted molar refractivity (Wildman–Crippen MR) is 88.2 cm³/mol. The molecular formula is C18H22ClNO3. The van der Waals surface area contributed by atoms with Crippen molar-refractivity contribution in [3.63, 3.8) is 0 Å². The second-order valence-electron chi connectivity index (χ2n) is 6.63. The Balaban J connectivity index is 1.67. The Hall–Kier alpha value is -1.55. The molecule has 5 heteroatoms. The van der Waals surface area contributed by atoms with Crippen molar-refractivity contribution in [2.24, 2.45) is 11.8 Å². The minimum Gasteiger partial charge on any atom is -0.481 e. The van der Waals surface area contributed by atoms with Crippen LogP contribution >= 0.6 is 11.6 Å². The van der Waals surface area contributed by atoms with Crippen molar-refractivity contribution >= 4 is 23.5 Å². The maximum absolute atomic E-state index is 12.9. The van der Waals surface area contributed by atoms with Crippen LogP contribution in [0.2, 0.25) is 5.02 Å². The highest BCUT2D eigenvalue weighted by molar-refractivity contribution is 6.30. The third-order valence-corrected chi connectivity index (χ3v) is 5.47. The highest BCUT2D eigenvalue weighted by Crippen LogP contribution is 2.37. The molecule has 3 rings (SSSR count). The summed E-state index contributed by atoms with van der Waals surface area (Å²) in [5.74, 6) is -0.814. The van der Waals surface area contributed by atoms with Crippen LogP contribution in [0.5, 0.6) is 0 Å². The van der Waals surface area contributed by atoms with Crippen LogP contribution in [0.4, 0.5) is 0 Å². The molecule has 1 saturated carbocycles. The molecule has 124 valence electrons. The van der Waals surface area contributed by atoms with Gasteiger partial charge in [-0.1, -0.05) is 23.7 Å². The number of hydrogen-bond donors (Lipinski definition) is 1. The van der Waals surface area contributed by atoms with Crippen LogP contribution in [0.1, 0.15) is 50.1 Å². The van der Waals surface area contributed by atoms with Crippen molar-refractivity contribution in [3.05, 3.63) is 34.9 Å². The van der Waals surface area contributed by atoms with Gasteiger partial charge in [-0.05, 0) is 56.2 Å². The molecule has 1 aromatic carbocycles. The Kier molecular flexibility index (Phi) is 4.90. The number of halogens is 1. The maximum atomic E-state index is 12.9. The van der Waals surface area contributed by atoms with Crippen LogP contribution in [0.25, 0.3) is 0 Å². The van der Waals surface area contributed by atoms with Crippen LogP contribution in [0.3, 0.4) is 0 Å². The average molecular weight is 336 g/mol. The van der Waals surface area contributed by atoms with Gasteiger partial charge < -0.3 is 10.0 Å². The molecule has 2 aliphatic rings. The van der Waals surface area contributed by atoms with Crippen LogP contribution in [-0.2, 0) is 9.59 Å². The second-order valence-corrected chi connectivity index (χ2v) is 7.06. The SMILES string of the molecule is O=C(O)C1CCC(C(=O)N2CCCC2c2ccc(Cl)cc2)CC1. The summed E-state index contributed by atoms with van der Waals surface area (Å²) in [5.41, 5.74) is 1.14. The summed E-state index contributed by atoms with van der Waals surface area (Å²) in [7, 11) is 0. The van der Waals surface area contributed by atoms with Crippen molar-refractivity contribution in [1.82, 2.24) is 4.90 Å². The van der Waals surface area contributed by atoms with Crippen LogP contribution in [0, 0.1) is 11.8 Å². The molecule has 23 heavy (non-hydrogen) atoms. The highest BCUT2D eigenvalue weighted by atomic mass is 35.5. The Labute approximate surface area is 141 Å². The molecule has 1 aliphatic carbocycles. The minimum absolute atomic E-state index is 0.0153. The minimum atomic E-state index is -0.726. The number of carbonyl (C=O) groups excluding carboxylic acids is 1. The quantitative estimate of drug-likeness (QED) is 0.911. The van der Waals surface area contributed by atoms with Crippen molar-refractivity contribution in [3.8, 4) is 0 Å². The maximum Gasteiger partial charge on any atom is 0.306 e. The highest BCUT2D eigenvalue weighted by Gasteiger charge is 2.36. The summed E-state index contributed by atoms with van der Waals surface area (Å²) < 4.78 is 0. The number of aliphatic carboxylic acids is 1. The monoisotopic (exact) mass is 335 g/mol. The zero-order chi connectivity index (χ0) is 16.4. The summed E-state index contributed by atoms with van der Waals surface area (Å²) in [5, 5.41) is 9.79. The summed E-state index contributed by atoms with van der Waals surface area (Å²) in [6.45, 7) is 0.797. The Morgan fingerprint density at radius 2 is 1.61 bits per heavy atom. The molecule has 1 saturated heterocycles. The smallest absolute Gasteiger partial charge is 0.306 e. The molecule has 1 atom stereocenters. The summed E-state index contributed by atoms with van der Waals surface area (Å²) in [6.07, 6.45) is 4.62. The number of nitrogens with zero attached hydrogens (tertiary/aromatic N) is 1. The molecule has 1 heterocycles. The molecule has 0 aromatic heterocycles. The topological polar surface area (TPSA) is 57.6 Å². The van der Waals surface area contributed by atoms with E-state index in [1.165, 1.54) is 0 Å². The van der Waals surface area contributed by atoms with E-state index >= 15 is 0 Å². The van der Waals surface area contributed by atoms with Crippen molar-refractivity contribution in [2.45, 2.75) is 44.6 Å². The standard InChI is InChI=1S/C18H22ClNO3/c19-15-9-7-12(8-10-15)16-2-1-11-20(16)17(21)13-3-5-14(6-4-13)18(22)23/h7-10,13-14,16H,1-6,11H2,(H,22,23). The first-order valence-corrected chi connectivity index (χ1v) is 8.73. The van der Waals surface area contributed by atoms with Crippen molar-refractivity contribution < 1.29 is 14.7 Å². The van der Waals surface area contributed by atoms with E-state index in [0.717, 1.165) is 24.9 Å². The lowest BCUT2D eigenvalue weighted by atomic mass is 9.81. The van der Waals surface area contributed by atoms with Gasteiger partial charge in [0.2, 0.25) is 5.91 Å². The number of hydrogen-bond acceptors (Lipinski definition) is 2. The van der Waals surface area contributed by atoms with Crippen molar-refractivity contribution in [1.29, 1.82) is 0 Å². The Morgan fingerprint density at radius 1 is 1.00 bits per heavy atom. The van der Waals surface area contributed by atoms with E-state index in [1.807, 2.05) is 29.2 Å². The third kappa shape index (κ3) is 3.52. The zero-order valence-corrected chi connectivity index (χ0v) is 13.8. The molecule has 1 N–H and O–H groups in total. The van der Waals surface area contributed by atoms with Gasteiger partial charge in [-0.15, -0.1) is 0 Å². The lowest BCUT2D eigenvalue weighted by Crippen LogP contribution is -2.38. The second kappa shape index (κ2) is 6.91. The zero-order valence-electron chi connectivity index (χ0n) is 13.1. The van der Waals surface area contributed by atoms with Gasteiger partial charge in [0.15, 0.2) is 0 Å². The van der Waals surface area contributed by atoms with E-state index in [-0.39, 0.29) is 23.8 Å². The fraction of sp³-hybridized carbons (Fsp3) is 0.556. The van der Waals surface area contributed by atoms with E-state index in [4.69, 9.17) is 16.7 Å². The van der Waals surface area contributed by atoms with Gasteiger partial charge in [0.1, 0.15) is 0 Å². The van der Waals surface area contributed by atoms with Crippen molar-refractivity contribution in [2.75, 3.05) is 6.54 Å². The first-order chi connectivity index (χ1) is 11.1. The summed E-state index contributed by atoms with van der Waals surface area (Å²) >= 11 is 5.95. The number of carbonyl (C=O) groups is 2. The summed E-state index contributed by atoms with van der Waals surface area (Å²) in [4.78, 5) is 25.9. The van der Waals surface area contributed by atoms with E-state index in [2.05, 4.69) is 0 Å². The van der Waals surface area contributed by atoms with Gasteiger partial charge in [0, 0.05) is 17.5 Å². The van der Waals surface area contributed by atoms with E-state index < -0.39 is 5.97 Å². The number of rotatable bonds is 3. The number of benzene rings is 1. The van der Waals surface area contributed by atoms with Gasteiger partial charge >= 0.3 is 5.97 Å². The van der Waals surface area contributed by atoms with Gasteiger partial charge in [-0.25, -0.2) is 0 Å². The lowest BCUT2D eigenvalue weighted by Gasteiger charge is -2.32. The van der Waals surface area contributed by atoms with Crippen LogP contribution in [-0.4, -0.2) is 28.4 Å². The van der Waals surface area contributed by atoms with Crippen LogP contribution in [0.15, 0.2) is 24.3 Å². The number of amides is 1. The van der Waals surface area contributed by atoms with Gasteiger partial charge in [0.05, 0.1) is 12.0 Å². The van der Waals surface area contributed by atoms with E-state index in [1.54, 1.807) is 0 Å². The largest absolute Gasteiger partial charge is 0.481 e. The van der Waals surface area contributed by atoms with Gasteiger partial charge in [0.25, 0.3) is 0 Å². The first-order valence-electron chi connectivity index (χ1n) is 8.35. The predicted octanol–water partition coefficient (Wildman–Crippen LogP) is 3.89. The molecule has 0 spiro atoms. The third-order valence-electron chi connectivity index (χ3n) is 5.22. The fourth-order valence-corrected chi connectivity index (χ4v) is 4.01. The molecule has 1 aliphatic heterocycles. The summed E-state index contributed by atoms with van der Waals surface area (Å²) in [6, 6.07) is 7.88. The normalized spacial score (nSPS) is 27.9. The molecular weight excluding hydrogens is 314 g/mol. The molecule has 1 aromatic rings. The molecule has 1 unspecified atom stereocenters. The Bertz CT molecular complexity index is 578. The van der Waals surface area contributed by atoms with E-state index in [9.17, 15) is 9.59 Å².